The van der Waals surface area contributed by atoms with Gasteiger partial charge in [-0.1, -0.05) is 48.5 Å². The fraction of sp³-hybridized carbons (Fsp3) is 0.348. The van der Waals surface area contributed by atoms with Crippen LogP contribution in [0.15, 0.2) is 48.5 Å². The van der Waals surface area contributed by atoms with Crippen molar-refractivity contribution in [1.29, 1.82) is 0 Å². The molecule has 2 aromatic rings. The SMILES string of the molecule is CSCC[C@H](NC(=O)OCC1c2ccccc2-c2ccccc21)C(=O)NC[C@H](O)C(=O)O. The van der Waals surface area contributed by atoms with E-state index in [1.165, 1.54) is 11.8 Å². The molecule has 0 unspecified atom stereocenters. The first kappa shape index (κ1) is 23.6. The molecule has 0 heterocycles. The number of ether oxygens (including phenoxy) is 1. The number of carboxylic acids is 1. The van der Waals surface area contributed by atoms with Crippen molar-refractivity contribution in [2.75, 3.05) is 25.2 Å². The maximum atomic E-state index is 12.5. The number of fused-ring (bicyclic) bond motifs is 3. The number of nitrogens with one attached hydrogen (secondary N) is 2. The van der Waals surface area contributed by atoms with E-state index in [9.17, 15) is 19.5 Å². The van der Waals surface area contributed by atoms with Crippen molar-refractivity contribution < 1.29 is 29.3 Å². The minimum Gasteiger partial charge on any atom is -0.479 e. The summed E-state index contributed by atoms with van der Waals surface area (Å²) < 4.78 is 5.48. The number of amides is 2. The number of carbonyl (C=O) groups is 3. The van der Waals surface area contributed by atoms with Gasteiger partial charge >= 0.3 is 12.1 Å². The Bertz CT molecular complexity index is 937. The second kappa shape index (κ2) is 11.0. The average Bonchev–Trinajstić information content (AvgIpc) is 3.12. The molecule has 0 radical (unpaired) electrons. The molecule has 8 nitrogen and oxygen atoms in total. The Morgan fingerprint density at radius 1 is 1.06 bits per heavy atom. The summed E-state index contributed by atoms with van der Waals surface area (Å²) >= 11 is 1.51. The summed E-state index contributed by atoms with van der Waals surface area (Å²) in [6, 6.07) is 15.1. The van der Waals surface area contributed by atoms with Crippen LogP contribution in [-0.2, 0) is 14.3 Å². The number of carboxylic acid groups (broad SMARTS) is 1. The fourth-order valence-corrected chi connectivity index (χ4v) is 4.17. The van der Waals surface area contributed by atoms with Crippen molar-refractivity contribution in [1.82, 2.24) is 10.6 Å². The fourth-order valence-electron chi connectivity index (χ4n) is 3.69. The first-order chi connectivity index (χ1) is 15.4. The second-order valence-electron chi connectivity index (χ2n) is 7.40. The quantitative estimate of drug-likeness (QED) is 0.430. The van der Waals surface area contributed by atoms with Crippen molar-refractivity contribution in [3.63, 3.8) is 0 Å². The summed E-state index contributed by atoms with van der Waals surface area (Å²) in [4.78, 5) is 35.6. The lowest BCUT2D eigenvalue weighted by Gasteiger charge is -2.20. The van der Waals surface area contributed by atoms with E-state index in [1.807, 2.05) is 54.8 Å². The lowest BCUT2D eigenvalue weighted by molar-refractivity contribution is -0.146. The highest BCUT2D eigenvalue weighted by atomic mass is 32.2. The normalized spacial score (nSPS) is 14.1. The minimum atomic E-state index is -1.71. The van der Waals surface area contributed by atoms with Gasteiger partial charge in [0.05, 0.1) is 6.54 Å². The molecule has 1 aliphatic carbocycles. The van der Waals surface area contributed by atoms with Crippen LogP contribution < -0.4 is 10.6 Å². The van der Waals surface area contributed by atoms with Gasteiger partial charge in [-0.2, -0.15) is 11.8 Å². The van der Waals surface area contributed by atoms with Crippen LogP contribution >= 0.6 is 11.8 Å². The number of carbonyl (C=O) groups excluding carboxylic acids is 2. The zero-order chi connectivity index (χ0) is 23.1. The van der Waals surface area contributed by atoms with Gasteiger partial charge in [-0.3, -0.25) is 4.79 Å². The summed E-state index contributed by atoms with van der Waals surface area (Å²) in [6.07, 6.45) is -0.238. The van der Waals surface area contributed by atoms with E-state index in [1.54, 1.807) is 0 Å². The average molecular weight is 459 g/mol. The maximum absolute atomic E-state index is 12.5. The Hall–Kier alpha value is -3.04. The van der Waals surface area contributed by atoms with Crippen LogP contribution in [0.25, 0.3) is 11.1 Å². The highest BCUT2D eigenvalue weighted by molar-refractivity contribution is 7.98. The Kier molecular flexibility index (Phi) is 8.13. The highest BCUT2D eigenvalue weighted by Crippen LogP contribution is 2.44. The minimum absolute atomic E-state index is 0.0997. The Morgan fingerprint density at radius 2 is 1.66 bits per heavy atom. The van der Waals surface area contributed by atoms with Gasteiger partial charge in [-0.05, 0) is 40.7 Å². The Morgan fingerprint density at radius 3 is 2.22 bits per heavy atom. The molecule has 2 amide bonds. The number of alkyl carbamates (subject to hydrolysis) is 1. The molecule has 0 aliphatic heterocycles. The zero-order valence-electron chi connectivity index (χ0n) is 17.6. The molecule has 0 saturated carbocycles. The van der Waals surface area contributed by atoms with Crippen LogP contribution in [0.2, 0.25) is 0 Å². The van der Waals surface area contributed by atoms with Gasteiger partial charge in [0.15, 0.2) is 6.10 Å². The Labute approximate surface area is 190 Å². The molecular formula is C23H26N2O6S. The number of hydrogen-bond acceptors (Lipinski definition) is 6. The molecule has 0 fully saturated rings. The summed E-state index contributed by atoms with van der Waals surface area (Å²) in [5.41, 5.74) is 4.40. The third kappa shape index (κ3) is 5.60. The summed E-state index contributed by atoms with van der Waals surface area (Å²) in [6.45, 7) is -0.329. The number of hydrogen-bond donors (Lipinski definition) is 4. The summed E-state index contributed by atoms with van der Waals surface area (Å²) in [7, 11) is 0. The van der Waals surface area contributed by atoms with Crippen molar-refractivity contribution in [2.45, 2.75) is 24.5 Å². The van der Waals surface area contributed by atoms with Crippen LogP contribution in [0.4, 0.5) is 4.79 Å². The predicted octanol–water partition coefficient (Wildman–Crippen LogP) is 2.21. The molecule has 2 atom stereocenters. The van der Waals surface area contributed by atoms with Gasteiger partial charge in [0.25, 0.3) is 0 Å². The molecule has 32 heavy (non-hydrogen) atoms. The standard InChI is InChI=1S/C23H26N2O6S/c1-32-11-10-19(21(27)24-12-20(26)22(28)29)25-23(30)31-13-18-16-8-4-2-6-14(16)15-7-3-5-9-17(15)18/h2-9,18-20,26H,10-13H2,1H3,(H,24,27)(H,25,30)(H,28,29)/t19-,20-/m0/s1. The van der Waals surface area contributed by atoms with E-state index in [0.29, 0.717) is 12.2 Å². The van der Waals surface area contributed by atoms with Crippen LogP contribution in [-0.4, -0.2) is 65.5 Å². The zero-order valence-corrected chi connectivity index (χ0v) is 18.4. The topological polar surface area (TPSA) is 125 Å². The van der Waals surface area contributed by atoms with Crippen LogP contribution in [0, 0.1) is 0 Å². The number of benzene rings is 2. The molecule has 9 heteroatoms. The van der Waals surface area contributed by atoms with E-state index in [2.05, 4.69) is 10.6 Å². The van der Waals surface area contributed by atoms with Gasteiger partial charge in [0.1, 0.15) is 12.6 Å². The van der Waals surface area contributed by atoms with Crippen molar-refractivity contribution in [3.8, 4) is 11.1 Å². The molecule has 0 bridgehead atoms. The van der Waals surface area contributed by atoms with Gasteiger partial charge in [0.2, 0.25) is 5.91 Å². The second-order valence-corrected chi connectivity index (χ2v) is 8.39. The largest absolute Gasteiger partial charge is 0.479 e. The number of rotatable bonds is 10. The first-order valence-corrected chi connectivity index (χ1v) is 11.6. The van der Waals surface area contributed by atoms with Crippen molar-refractivity contribution >= 4 is 29.7 Å². The predicted molar refractivity (Wildman–Crippen MR) is 122 cm³/mol. The van der Waals surface area contributed by atoms with E-state index in [0.717, 1.165) is 22.3 Å². The molecule has 0 spiro atoms. The molecule has 0 saturated heterocycles. The number of aliphatic hydroxyl groups is 1. The Balaban J connectivity index is 1.61. The highest BCUT2D eigenvalue weighted by Gasteiger charge is 2.30. The van der Waals surface area contributed by atoms with Gasteiger partial charge < -0.3 is 25.6 Å². The lowest BCUT2D eigenvalue weighted by Crippen LogP contribution is -2.49. The molecule has 4 N–H and O–H groups in total. The van der Waals surface area contributed by atoms with Gasteiger partial charge in [-0.15, -0.1) is 0 Å². The molecule has 170 valence electrons. The van der Waals surface area contributed by atoms with E-state index in [4.69, 9.17) is 9.84 Å². The number of aliphatic carboxylic acids is 1. The van der Waals surface area contributed by atoms with Crippen LogP contribution in [0.1, 0.15) is 23.5 Å². The molecule has 0 aromatic heterocycles. The van der Waals surface area contributed by atoms with E-state index in [-0.39, 0.29) is 12.5 Å². The monoisotopic (exact) mass is 458 g/mol. The molecule has 2 aromatic carbocycles. The van der Waals surface area contributed by atoms with Crippen LogP contribution in [0.3, 0.4) is 0 Å². The van der Waals surface area contributed by atoms with Gasteiger partial charge in [0, 0.05) is 5.92 Å². The molecular weight excluding hydrogens is 432 g/mol. The summed E-state index contributed by atoms with van der Waals surface area (Å²) in [5, 5.41) is 23.0. The lowest BCUT2D eigenvalue weighted by atomic mass is 9.98. The first-order valence-electron chi connectivity index (χ1n) is 10.2. The smallest absolute Gasteiger partial charge is 0.407 e. The van der Waals surface area contributed by atoms with Crippen molar-refractivity contribution in [2.24, 2.45) is 0 Å². The van der Waals surface area contributed by atoms with E-state index < -0.39 is 36.7 Å². The maximum Gasteiger partial charge on any atom is 0.407 e. The van der Waals surface area contributed by atoms with E-state index >= 15 is 0 Å². The number of thioether (sulfide) groups is 1. The van der Waals surface area contributed by atoms with Crippen molar-refractivity contribution in [3.05, 3.63) is 59.7 Å². The van der Waals surface area contributed by atoms with Crippen LogP contribution in [0.5, 0.6) is 0 Å². The number of aliphatic hydroxyl groups excluding tert-OH is 1. The molecule has 1 aliphatic rings. The van der Waals surface area contributed by atoms with Gasteiger partial charge in [-0.25, -0.2) is 9.59 Å². The third-order valence-corrected chi connectivity index (χ3v) is 5.96. The summed E-state index contributed by atoms with van der Waals surface area (Å²) in [5.74, 6) is -1.51. The third-order valence-electron chi connectivity index (χ3n) is 5.32. The molecule has 3 rings (SSSR count).